The third kappa shape index (κ3) is 4.49. The van der Waals surface area contributed by atoms with Crippen molar-refractivity contribution in [2.75, 3.05) is 6.54 Å². The van der Waals surface area contributed by atoms with Crippen LogP contribution in [0, 0.1) is 0 Å². The van der Waals surface area contributed by atoms with Gasteiger partial charge in [0.25, 0.3) is 5.24 Å². The molecule has 1 radical (unpaired) electrons. The molecule has 0 aromatic heterocycles. The molecule has 1 N–H and O–H groups in total. The van der Waals surface area contributed by atoms with Gasteiger partial charge < -0.3 is 5.32 Å². The molecular formula is C12H14NO2S. The van der Waals surface area contributed by atoms with E-state index < -0.39 is 5.25 Å². The second-order valence-corrected chi connectivity index (χ2v) is 4.41. The molecule has 1 atom stereocenters. The first kappa shape index (κ1) is 12.8. The first-order chi connectivity index (χ1) is 7.76. The van der Waals surface area contributed by atoms with Crippen molar-refractivity contribution in [3.63, 3.8) is 0 Å². The molecule has 0 saturated heterocycles. The summed E-state index contributed by atoms with van der Waals surface area (Å²) in [5, 5.41) is 2.03. The van der Waals surface area contributed by atoms with Crippen LogP contribution in [-0.4, -0.2) is 23.3 Å². The number of rotatable bonds is 5. The molecule has 1 aromatic carbocycles. The Bertz CT molecular complexity index is 340. The van der Waals surface area contributed by atoms with Crippen molar-refractivity contribution in [2.45, 2.75) is 18.6 Å². The number of thioether (sulfide) groups is 1. The van der Waals surface area contributed by atoms with Crippen LogP contribution in [0.2, 0.25) is 0 Å². The van der Waals surface area contributed by atoms with Crippen molar-refractivity contribution in [2.24, 2.45) is 0 Å². The standard InChI is InChI=1S/C12H14NO2S/c1-2-13-12(15)16-11(9-14)8-10-6-4-3-5-7-10/h3-7,11H,2,8H2,1H3,(H,13,15). The van der Waals surface area contributed by atoms with Gasteiger partial charge in [0.15, 0.2) is 0 Å². The fraction of sp³-hybridized carbons (Fsp3) is 0.333. The average Bonchev–Trinajstić information content (AvgIpc) is 2.30. The highest BCUT2D eigenvalue weighted by Gasteiger charge is 2.14. The molecule has 0 bridgehead atoms. The number of hydrogen-bond acceptors (Lipinski definition) is 3. The Balaban J connectivity index is 2.49. The molecule has 0 saturated carbocycles. The van der Waals surface area contributed by atoms with Crippen LogP contribution in [0.15, 0.2) is 30.3 Å². The van der Waals surface area contributed by atoms with Gasteiger partial charge in [0, 0.05) is 6.54 Å². The first-order valence-corrected chi connectivity index (χ1v) is 6.00. The predicted octanol–water partition coefficient (Wildman–Crippen LogP) is 2.17. The Labute approximate surface area is 99.6 Å². The summed E-state index contributed by atoms with van der Waals surface area (Å²) < 4.78 is 0. The molecule has 1 amide bonds. The van der Waals surface area contributed by atoms with Gasteiger partial charge in [0.1, 0.15) is 0 Å². The van der Waals surface area contributed by atoms with E-state index in [1.807, 2.05) is 43.5 Å². The van der Waals surface area contributed by atoms with E-state index in [1.165, 1.54) is 0 Å². The molecule has 4 heteroatoms. The summed E-state index contributed by atoms with van der Waals surface area (Å²) in [6, 6.07) is 9.60. The molecule has 1 rings (SSSR count). The highest BCUT2D eigenvalue weighted by molar-refractivity contribution is 8.14. The Morgan fingerprint density at radius 2 is 2.12 bits per heavy atom. The maximum Gasteiger partial charge on any atom is 0.279 e. The highest BCUT2D eigenvalue weighted by Crippen LogP contribution is 2.15. The van der Waals surface area contributed by atoms with Crippen molar-refractivity contribution < 1.29 is 9.59 Å². The fourth-order valence-electron chi connectivity index (χ4n) is 1.25. The lowest BCUT2D eigenvalue weighted by Crippen LogP contribution is -2.22. The molecule has 85 valence electrons. The van der Waals surface area contributed by atoms with Crippen LogP contribution in [0.4, 0.5) is 4.79 Å². The molecular weight excluding hydrogens is 222 g/mol. The maximum absolute atomic E-state index is 11.3. The van der Waals surface area contributed by atoms with E-state index in [9.17, 15) is 9.59 Å². The van der Waals surface area contributed by atoms with Gasteiger partial charge in [-0.15, -0.1) is 0 Å². The van der Waals surface area contributed by atoms with Crippen LogP contribution in [0.5, 0.6) is 0 Å². The van der Waals surface area contributed by atoms with E-state index in [4.69, 9.17) is 0 Å². The summed E-state index contributed by atoms with van der Waals surface area (Å²) >= 11 is 0.990. The summed E-state index contributed by atoms with van der Waals surface area (Å²) in [5.74, 6) is 0. The predicted molar refractivity (Wildman–Crippen MR) is 66.3 cm³/mol. The maximum atomic E-state index is 11.3. The highest BCUT2D eigenvalue weighted by atomic mass is 32.2. The Morgan fingerprint density at radius 1 is 1.44 bits per heavy atom. The summed E-state index contributed by atoms with van der Waals surface area (Å²) in [5.41, 5.74) is 1.03. The normalized spacial score (nSPS) is 11.8. The van der Waals surface area contributed by atoms with E-state index in [2.05, 4.69) is 5.32 Å². The van der Waals surface area contributed by atoms with Crippen LogP contribution in [0.3, 0.4) is 0 Å². The number of hydrogen-bond donors (Lipinski definition) is 1. The van der Waals surface area contributed by atoms with Gasteiger partial charge >= 0.3 is 0 Å². The van der Waals surface area contributed by atoms with E-state index in [1.54, 1.807) is 0 Å². The van der Waals surface area contributed by atoms with Crippen LogP contribution in [-0.2, 0) is 11.2 Å². The van der Waals surface area contributed by atoms with E-state index in [0.717, 1.165) is 17.3 Å². The van der Waals surface area contributed by atoms with Gasteiger partial charge in [0.2, 0.25) is 6.29 Å². The molecule has 0 spiro atoms. The van der Waals surface area contributed by atoms with Gasteiger partial charge in [-0.1, -0.05) is 42.1 Å². The zero-order valence-electron chi connectivity index (χ0n) is 9.10. The smallest absolute Gasteiger partial charge is 0.279 e. The number of carbonyl (C=O) groups excluding carboxylic acids is 2. The first-order valence-electron chi connectivity index (χ1n) is 5.12. The molecule has 16 heavy (non-hydrogen) atoms. The lowest BCUT2D eigenvalue weighted by atomic mass is 10.1. The second-order valence-electron chi connectivity index (χ2n) is 3.23. The third-order valence-corrected chi connectivity index (χ3v) is 2.87. The number of nitrogens with one attached hydrogen (secondary N) is 1. The summed E-state index contributed by atoms with van der Waals surface area (Å²) in [6.45, 7) is 2.41. The molecule has 0 aliphatic carbocycles. The summed E-state index contributed by atoms with van der Waals surface area (Å²) in [6.07, 6.45) is 2.43. The summed E-state index contributed by atoms with van der Waals surface area (Å²) in [7, 11) is 0. The lowest BCUT2D eigenvalue weighted by Gasteiger charge is -2.08. The second kappa shape index (κ2) is 7.06. The lowest BCUT2D eigenvalue weighted by molar-refractivity contribution is 0.261. The van der Waals surface area contributed by atoms with Crippen LogP contribution < -0.4 is 5.32 Å². The van der Waals surface area contributed by atoms with Crippen molar-refractivity contribution in [1.82, 2.24) is 5.32 Å². The Kier molecular flexibility index (Phi) is 5.64. The minimum absolute atomic E-state index is 0.174. The zero-order valence-corrected chi connectivity index (χ0v) is 9.92. The quantitative estimate of drug-likeness (QED) is 0.852. The summed E-state index contributed by atoms with van der Waals surface area (Å²) in [4.78, 5) is 22.0. The molecule has 3 nitrogen and oxygen atoms in total. The number of benzene rings is 1. The van der Waals surface area contributed by atoms with Gasteiger partial charge in [-0.25, -0.2) is 0 Å². The molecule has 1 unspecified atom stereocenters. The van der Waals surface area contributed by atoms with E-state index in [-0.39, 0.29) is 5.24 Å². The fourth-order valence-corrected chi connectivity index (χ4v) is 2.06. The third-order valence-electron chi connectivity index (χ3n) is 1.97. The largest absolute Gasteiger partial charge is 0.347 e. The van der Waals surface area contributed by atoms with Gasteiger partial charge in [-0.05, 0) is 18.9 Å². The molecule has 1 aromatic rings. The number of amides is 1. The Hall–Kier alpha value is -1.29. The van der Waals surface area contributed by atoms with Gasteiger partial charge in [-0.3, -0.25) is 9.59 Å². The van der Waals surface area contributed by atoms with Crippen molar-refractivity contribution in [1.29, 1.82) is 0 Å². The van der Waals surface area contributed by atoms with Crippen molar-refractivity contribution >= 4 is 23.3 Å². The van der Waals surface area contributed by atoms with Crippen molar-refractivity contribution in [3.8, 4) is 0 Å². The minimum Gasteiger partial charge on any atom is -0.347 e. The monoisotopic (exact) mass is 236 g/mol. The van der Waals surface area contributed by atoms with Crippen LogP contribution in [0.1, 0.15) is 12.5 Å². The zero-order chi connectivity index (χ0) is 11.8. The minimum atomic E-state index is -0.436. The number of carbonyl (C=O) groups is 1. The van der Waals surface area contributed by atoms with Gasteiger partial charge in [-0.2, -0.15) is 0 Å². The van der Waals surface area contributed by atoms with Crippen LogP contribution in [0.25, 0.3) is 0 Å². The van der Waals surface area contributed by atoms with Crippen LogP contribution >= 0.6 is 11.8 Å². The van der Waals surface area contributed by atoms with E-state index in [0.29, 0.717) is 13.0 Å². The average molecular weight is 236 g/mol. The Morgan fingerprint density at radius 3 is 2.69 bits per heavy atom. The van der Waals surface area contributed by atoms with Crippen molar-refractivity contribution in [3.05, 3.63) is 35.9 Å². The SMILES string of the molecule is CCNC(=O)SC([C]=O)Cc1ccccc1. The van der Waals surface area contributed by atoms with E-state index >= 15 is 0 Å². The molecule has 0 fully saturated rings. The molecule has 0 aliphatic rings. The topological polar surface area (TPSA) is 46.2 Å². The molecule has 0 heterocycles. The molecule has 0 aliphatic heterocycles. The van der Waals surface area contributed by atoms with Gasteiger partial charge in [0.05, 0.1) is 5.25 Å².